The van der Waals surface area contributed by atoms with Crippen molar-refractivity contribution >= 4 is 11.9 Å². The molecule has 0 unspecified atom stereocenters. The summed E-state index contributed by atoms with van der Waals surface area (Å²) in [5, 5.41) is 9.17. The van der Waals surface area contributed by atoms with Gasteiger partial charge in [0, 0.05) is 6.21 Å². The van der Waals surface area contributed by atoms with Crippen LogP contribution in [0.2, 0.25) is 0 Å². The molecule has 0 aliphatic heterocycles. The van der Waals surface area contributed by atoms with Gasteiger partial charge in [-0.3, -0.25) is 4.99 Å². The van der Waals surface area contributed by atoms with Crippen LogP contribution >= 0.6 is 0 Å². The summed E-state index contributed by atoms with van der Waals surface area (Å²) in [6, 6.07) is 13.2. The maximum absolute atomic E-state index is 9.17. The van der Waals surface area contributed by atoms with E-state index < -0.39 is 0 Å². The number of aliphatic imine (C=N–C) groups is 1. The topological polar surface area (TPSA) is 32.6 Å². The molecule has 0 radical (unpaired) electrons. The smallest absolute Gasteiger partial charge is 0.115 e. The third-order valence-electron chi connectivity index (χ3n) is 2.60. The van der Waals surface area contributed by atoms with Crippen LogP contribution < -0.4 is 0 Å². The van der Waals surface area contributed by atoms with Crippen molar-refractivity contribution < 1.29 is 5.11 Å². The van der Waals surface area contributed by atoms with E-state index in [-0.39, 0.29) is 5.75 Å². The molecule has 0 saturated carbocycles. The second-order valence-corrected chi connectivity index (χ2v) is 4.14. The first-order valence-corrected chi connectivity index (χ1v) is 5.55. The zero-order valence-electron chi connectivity index (χ0n) is 10.0. The fraction of sp³-hybridized carbons (Fsp3) is 0.133. The molecule has 2 heteroatoms. The SMILES string of the molecule is Cc1ccc(N=Cc2ccc(O)cc2)c(C)c1. The first-order valence-electron chi connectivity index (χ1n) is 5.55. The largest absolute Gasteiger partial charge is 0.508 e. The van der Waals surface area contributed by atoms with Gasteiger partial charge in [0.05, 0.1) is 5.69 Å². The summed E-state index contributed by atoms with van der Waals surface area (Å²) in [6.45, 7) is 4.12. The normalized spacial score (nSPS) is 10.9. The Hall–Kier alpha value is -2.09. The predicted octanol–water partition coefficient (Wildman–Crippen LogP) is 3.76. The Balaban J connectivity index is 2.23. The van der Waals surface area contributed by atoms with Crippen molar-refractivity contribution in [3.8, 4) is 5.75 Å². The van der Waals surface area contributed by atoms with Crippen molar-refractivity contribution in [1.29, 1.82) is 0 Å². The van der Waals surface area contributed by atoms with E-state index >= 15 is 0 Å². The molecule has 0 atom stereocenters. The van der Waals surface area contributed by atoms with E-state index in [2.05, 4.69) is 31.0 Å². The highest BCUT2D eigenvalue weighted by atomic mass is 16.3. The standard InChI is InChI=1S/C15H15NO/c1-11-3-8-15(12(2)9-11)16-10-13-4-6-14(17)7-5-13/h3-10,17H,1-2H3. The summed E-state index contributed by atoms with van der Waals surface area (Å²) in [7, 11) is 0. The van der Waals surface area contributed by atoms with Gasteiger partial charge < -0.3 is 5.11 Å². The lowest BCUT2D eigenvalue weighted by atomic mass is 10.1. The lowest BCUT2D eigenvalue weighted by Gasteiger charge is -2.01. The molecule has 0 bridgehead atoms. The minimum absolute atomic E-state index is 0.272. The van der Waals surface area contributed by atoms with E-state index in [0.29, 0.717) is 0 Å². The molecule has 2 aromatic carbocycles. The maximum Gasteiger partial charge on any atom is 0.115 e. The van der Waals surface area contributed by atoms with Crippen LogP contribution in [-0.2, 0) is 0 Å². The van der Waals surface area contributed by atoms with Gasteiger partial charge in [-0.15, -0.1) is 0 Å². The number of hydrogen-bond donors (Lipinski definition) is 1. The van der Waals surface area contributed by atoms with E-state index in [1.807, 2.05) is 18.2 Å². The number of nitrogens with zero attached hydrogens (tertiary/aromatic N) is 1. The van der Waals surface area contributed by atoms with Gasteiger partial charge in [-0.05, 0) is 55.3 Å². The highest BCUT2D eigenvalue weighted by Crippen LogP contribution is 2.19. The quantitative estimate of drug-likeness (QED) is 0.775. The average Bonchev–Trinajstić information content (AvgIpc) is 2.30. The second-order valence-electron chi connectivity index (χ2n) is 4.14. The number of aryl methyl sites for hydroxylation is 2. The summed E-state index contributed by atoms with van der Waals surface area (Å²) < 4.78 is 0. The van der Waals surface area contributed by atoms with Gasteiger partial charge in [0.25, 0.3) is 0 Å². The number of benzene rings is 2. The monoisotopic (exact) mass is 225 g/mol. The summed E-state index contributed by atoms with van der Waals surface area (Å²) >= 11 is 0. The van der Waals surface area contributed by atoms with Crippen molar-refractivity contribution in [2.24, 2.45) is 4.99 Å². The lowest BCUT2D eigenvalue weighted by molar-refractivity contribution is 0.475. The van der Waals surface area contributed by atoms with Crippen LogP contribution in [0.15, 0.2) is 47.5 Å². The number of aromatic hydroxyl groups is 1. The van der Waals surface area contributed by atoms with Crippen LogP contribution in [0.5, 0.6) is 5.75 Å². The first kappa shape index (κ1) is 11.4. The summed E-state index contributed by atoms with van der Waals surface area (Å²) in [4.78, 5) is 4.44. The number of hydrogen-bond acceptors (Lipinski definition) is 2. The molecule has 2 rings (SSSR count). The van der Waals surface area contributed by atoms with Crippen LogP contribution in [-0.4, -0.2) is 11.3 Å². The molecule has 0 spiro atoms. The highest BCUT2D eigenvalue weighted by Gasteiger charge is 1.95. The van der Waals surface area contributed by atoms with Crippen molar-refractivity contribution in [2.75, 3.05) is 0 Å². The molecule has 0 aromatic heterocycles. The fourth-order valence-electron chi connectivity index (χ4n) is 1.65. The van der Waals surface area contributed by atoms with E-state index in [4.69, 9.17) is 0 Å². The number of phenols is 1. The van der Waals surface area contributed by atoms with Crippen molar-refractivity contribution in [3.63, 3.8) is 0 Å². The van der Waals surface area contributed by atoms with Gasteiger partial charge in [0.1, 0.15) is 5.75 Å². The third-order valence-corrected chi connectivity index (χ3v) is 2.60. The van der Waals surface area contributed by atoms with Crippen LogP contribution in [0.25, 0.3) is 0 Å². The molecule has 1 N–H and O–H groups in total. The average molecular weight is 225 g/mol. The molecule has 86 valence electrons. The van der Waals surface area contributed by atoms with E-state index in [9.17, 15) is 5.11 Å². The Bertz CT molecular complexity index is 541. The van der Waals surface area contributed by atoms with Gasteiger partial charge in [-0.1, -0.05) is 17.7 Å². The summed E-state index contributed by atoms with van der Waals surface area (Å²) in [5.41, 5.74) is 4.36. The molecule has 17 heavy (non-hydrogen) atoms. The molecular weight excluding hydrogens is 210 g/mol. The molecule has 0 heterocycles. The third kappa shape index (κ3) is 2.94. The highest BCUT2D eigenvalue weighted by molar-refractivity contribution is 5.82. The van der Waals surface area contributed by atoms with E-state index in [1.165, 1.54) is 11.1 Å². The van der Waals surface area contributed by atoms with E-state index in [0.717, 1.165) is 11.3 Å². The second kappa shape index (κ2) is 4.83. The van der Waals surface area contributed by atoms with Gasteiger partial charge in [-0.25, -0.2) is 0 Å². The minimum Gasteiger partial charge on any atom is -0.508 e. The Morgan fingerprint density at radius 3 is 2.35 bits per heavy atom. The molecular formula is C15H15NO. The van der Waals surface area contributed by atoms with Crippen LogP contribution in [0, 0.1) is 13.8 Å². The first-order chi connectivity index (χ1) is 8.15. The minimum atomic E-state index is 0.272. The van der Waals surface area contributed by atoms with Crippen LogP contribution in [0.1, 0.15) is 16.7 Å². The predicted molar refractivity (Wildman–Crippen MR) is 71.3 cm³/mol. The maximum atomic E-state index is 9.17. The van der Waals surface area contributed by atoms with Crippen LogP contribution in [0.4, 0.5) is 5.69 Å². The summed E-state index contributed by atoms with van der Waals surface area (Å²) in [6.07, 6.45) is 1.80. The van der Waals surface area contributed by atoms with Crippen molar-refractivity contribution in [3.05, 3.63) is 59.2 Å². The van der Waals surface area contributed by atoms with Gasteiger partial charge in [-0.2, -0.15) is 0 Å². The lowest BCUT2D eigenvalue weighted by Crippen LogP contribution is -1.81. The van der Waals surface area contributed by atoms with Gasteiger partial charge >= 0.3 is 0 Å². The van der Waals surface area contributed by atoms with Crippen molar-refractivity contribution in [2.45, 2.75) is 13.8 Å². The van der Waals surface area contributed by atoms with E-state index in [1.54, 1.807) is 18.3 Å². The Labute approximate surface area is 101 Å². The fourth-order valence-corrected chi connectivity index (χ4v) is 1.65. The Morgan fingerprint density at radius 1 is 1.00 bits per heavy atom. The molecule has 0 saturated heterocycles. The number of rotatable bonds is 2. The Kier molecular flexibility index (Phi) is 3.24. The van der Waals surface area contributed by atoms with Gasteiger partial charge in [0.2, 0.25) is 0 Å². The van der Waals surface area contributed by atoms with Crippen molar-refractivity contribution in [1.82, 2.24) is 0 Å². The molecule has 2 nitrogen and oxygen atoms in total. The molecule has 0 aliphatic carbocycles. The molecule has 0 amide bonds. The number of phenolic OH excluding ortho intramolecular Hbond substituents is 1. The van der Waals surface area contributed by atoms with Gasteiger partial charge in [0.15, 0.2) is 0 Å². The Morgan fingerprint density at radius 2 is 1.71 bits per heavy atom. The van der Waals surface area contributed by atoms with Crippen LogP contribution in [0.3, 0.4) is 0 Å². The molecule has 2 aromatic rings. The summed E-state index contributed by atoms with van der Waals surface area (Å²) in [5.74, 6) is 0.272. The zero-order valence-corrected chi connectivity index (χ0v) is 10.0. The zero-order chi connectivity index (χ0) is 12.3. The molecule has 0 aliphatic rings. The molecule has 0 fully saturated rings.